The third kappa shape index (κ3) is 6.93. The minimum Gasteiger partial charge on any atom is -0.494 e. The smallest absolute Gasteiger partial charge is 0.226 e. The molecule has 7 nitrogen and oxygen atoms in total. The first-order valence-corrected chi connectivity index (χ1v) is 11.8. The van der Waals surface area contributed by atoms with Crippen molar-refractivity contribution in [2.45, 2.75) is 49.5 Å². The number of hydrogen-bond acceptors (Lipinski definition) is 8. The molecule has 0 aliphatic carbocycles. The number of anilines is 1. The minimum absolute atomic E-state index is 0.0831. The largest absolute Gasteiger partial charge is 0.494 e. The lowest BCUT2D eigenvalue weighted by molar-refractivity contribution is -0.116. The van der Waals surface area contributed by atoms with Gasteiger partial charge in [0.1, 0.15) is 11.5 Å². The lowest BCUT2D eigenvalue weighted by Crippen LogP contribution is -2.13. The number of carbonyl (C=O) groups is 2. The van der Waals surface area contributed by atoms with E-state index in [0.29, 0.717) is 34.9 Å². The van der Waals surface area contributed by atoms with E-state index in [1.165, 1.54) is 11.3 Å². The molecule has 3 aromatic rings. The summed E-state index contributed by atoms with van der Waals surface area (Å²) in [6.07, 6.45) is 3.70. The van der Waals surface area contributed by atoms with Gasteiger partial charge in [-0.05, 0) is 31.2 Å². The highest BCUT2D eigenvalue weighted by molar-refractivity contribution is 8.00. The monoisotopic (exact) mass is 459 g/mol. The Kier molecular flexibility index (Phi) is 8.25. The van der Waals surface area contributed by atoms with Crippen LogP contribution in [0.4, 0.5) is 5.13 Å². The Labute approximate surface area is 189 Å². The fourth-order valence-corrected chi connectivity index (χ4v) is 4.37. The molecule has 0 saturated heterocycles. The number of ether oxygens (including phenoxy) is 1. The van der Waals surface area contributed by atoms with Crippen LogP contribution in [0.3, 0.4) is 0 Å². The van der Waals surface area contributed by atoms with Crippen molar-refractivity contribution < 1.29 is 18.7 Å². The minimum atomic E-state index is -0.237. The Morgan fingerprint density at radius 3 is 2.61 bits per heavy atom. The van der Waals surface area contributed by atoms with Crippen molar-refractivity contribution in [3.05, 3.63) is 53.9 Å². The number of aromatic nitrogens is 2. The van der Waals surface area contributed by atoms with Crippen molar-refractivity contribution in [3.8, 4) is 5.75 Å². The maximum Gasteiger partial charge on any atom is 0.226 e. The van der Waals surface area contributed by atoms with Crippen molar-refractivity contribution >= 4 is 39.9 Å². The number of carbonyl (C=O) groups excluding carboxylic acids is 2. The zero-order valence-corrected chi connectivity index (χ0v) is 19.3. The molecule has 0 atom stereocenters. The van der Waals surface area contributed by atoms with Crippen molar-refractivity contribution in [2.75, 3.05) is 11.9 Å². The highest BCUT2D eigenvalue weighted by atomic mass is 32.2. The predicted octanol–water partition coefficient (Wildman–Crippen LogP) is 5.55. The molecule has 1 amide bonds. The number of nitrogens with zero attached hydrogens (tertiary/aromatic N) is 2. The maximum absolute atomic E-state index is 12.3. The second kappa shape index (κ2) is 11.1. The zero-order valence-electron chi connectivity index (χ0n) is 17.7. The first-order chi connectivity index (χ1) is 14.9. The average Bonchev–Trinajstić information content (AvgIpc) is 3.41. The van der Waals surface area contributed by atoms with Crippen LogP contribution in [0.2, 0.25) is 0 Å². The van der Waals surface area contributed by atoms with Crippen LogP contribution < -0.4 is 10.1 Å². The summed E-state index contributed by atoms with van der Waals surface area (Å²) in [7, 11) is 0. The highest BCUT2D eigenvalue weighted by Crippen LogP contribution is 2.31. The SMILES string of the molecule is CCOc1ccc(C(=O)CCC(=O)Nc2ncc(SCc3ncc(C(C)C)o3)s2)cc1. The molecule has 31 heavy (non-hydrogen) atoms. The molecule has 3 rings (SSSR count). The lowest BCUT2D eigenvalue weighted by atomic mass is 10.1. The van der Waals surface area contributed by atoms with Crippen molar-refractivity contribution in [2.24, 2.45) is 0 Å². The number of rotatable bonds is 11. The summed E-state index contributed by atoms with van der Waals surface area (Å²) in [4.78, 5) is 33.0. The number of ketones is 1. The Morgan fingerprint density at radius 1 is 1.16 bits per heavy atom. The number of hydrogen-bond donors (Lipinski definition) is 1. The van der Waals surface area contributed by atoms with E-state index in [4.69, 9.17) is 9.15 Å². The number of Topliss-reactive ketones (excluding diaryl/α,β-unsaturated/α-hetero) is 1. The molecule has 0 aliphatic rings. The van der Waals surface area contributed by atoms with Gasteiger partial charge in [-0.2, -0.15) is 0 Å². The second-order valence-electron chi connectivity index (χ2n) is 7.01. The normalized spacial score (nSPS) is 11.0. The Bertz CT molecular complexity index is 1010. The molecule has 2 aromatic heterocycles. The number of oxazole rings is 1. The Hall–Kier alpha value is -2.65. The van der Waals surface area contributed by atoms with E-state index in [-0.39, 0.29) is 24.5 Å². The van der Waals surface area contributed by atoms with E-state index in [2.05, 4.69) is 29.1 Å². The molecular weight excluding hydrogens is 434 g/mol. The summed E-state index contributed by atoms with van der Waals surface area (Å²) >= 11 is 2.93. The first-order valence-electron chi connectivity index (χ1n) is 10.0. The van der Waals surface area contributed by atoms with Gasteiger partial charge in [-0.3, -0.25) is 9.59 Å². The highest BCUT2D eigenvalue weighted by Gasteiger charge is 2.13. The number of nitrogens with one attached hydrogen (secondary N) is 1. The summed E-state index contributed by atoms with van der Waals surface area (Å²) in [6.45, 7) is 6.59. The van der Waals surface area contributed by atoms with Crippen molar-refractivity contribution in [1.82, 2.24) is 9.97 Å². The van der Waals surface area contributed by atoms with Gasteiger partial charge in [0, 0.05) is 24.3 Å². The lowest BCUT2D eigenvalue weighted by Gasteiger charge is -2.05. The van der Waals surface area contributed by atoms with Gasteiger partial charge in [-0.15, -0.1) is 11.8 Å². The summed E-state index contributed by atoms with van der Waals surface area (Å²) < 4.78 is 12.0. The quantitative estimate of drug-likeness (QED) is 0.297. The zero-order chi connectivity index (χ0) is 22.2. The van der Waals surface area contributed by atoms with Crippen molar-refractivity contribution in [1.29, 1.82) is 0 Å². The van der Waals surface area contributed by atoms with Gasteiger partial charge in [0.25, 0.3) is 0 Å². The van der Waals surface area contributed by atoms with E-state index >= 15 is 0 Å². The molecule has 2 heterocycles. The molecule has 0 saturated carbocycles. The summed E-state index contributed by atoms with van der Waals surface area (Å²) in [5.74, 6) is 2.84. The second-order valence-corrected chi connectivity index (χ2v) is 9.32. The van der Waals surface area contributed by atoms with E-state index in [1.54, 1.807) is 48.4 Å². The van der Waals surface area contributed by atoms with E-state index in [0.717, 1.165) is 15.7 Å². The Balaban J connectivity index is 1.43. The topological polar surface area (TPSA) is 94.3 Å². The predicted molar refractivity (Wildman–Crippen MR) is 122 cm³/mol. The number of amides is 1. The molecule has 0 bridgehead atoms. The van der Waals surface area contributed by atoms with Gasteiger partial charge >= 0.3 is 0 Å². The average molecular weight is 460 g/mol. The van der Waals surface area contributed by atoms with Gasteiger partial charge in [-0.1, -0.05) is 25.2 Å². The standard InChI is InChI=1S/C22H25N3O4S2/c1-4-28-16-7-5-15(6-8-16)17(26)9-10-19(27)25-22-24-12-21(31-22)30-13-20-23-11-18(29-20)14(2)3/h5-8,11-12,14H,4,9-10,13H2,1-3H3,(H,24,25,27). The molecule has 0 fully saturated rings. The van der Waals surface area contributed by atoms with Gasteiger partial charge in [0.15, 0.2) is 10.9 Å². The summed E-state index contributed by atoms with van der Waals surface area (Å²) in [5.41, 5.74) is 0.566. The van der Waals surface area contributed by atoms with Crippen LogP contribution in [-0.4, -0.2) is 28.3 Å². The molecule has 9 heteroatoms. The molecule has 0 unspecified atom stereocenters. The van der Waals surface area contributed by atoms with E-state index in [9.17, 15) is 9.59 Å². The van der Waals surface area contributed by atoms with Gasteiger partial charge in [-0.25, -0.2) is 9.97 Å². The van der Waals surface area contributed by atoms with Crippen LogP contribution >= 0.6 is 23.1 Å². The van der Waals surface area contributed by atoms with Gasteiger partial charge in [0.05, 0.1) is 29.0 Å². The van der Waals surface area contributed by atoms with Crippen LogP contribution in [0.25, 0.3) is 0 Å². The number of thioether (sulfide) groups is 1. The third-order valence-corrected chi connectivity index (χ3v) is 6.37. The van der Waals surface area contributed by atoms with E-state index in [1.807, 2.05) is 6.92 Å². The third-order valence-electron chi connectivity index (χ3n) is 4.28. The number of benzene rings is 1. The molecule has 1 N–H and O–H groups in total. The van der Waals surface area contributed by atoms with Gasteiger partial charge < -0.3 is 14.5 Å². The summed E-state index contributed by atoms with van der Waals surface area (Å²) in [6, 6.07) is 6.95. The van der Waals surface area contributed by atoms with E-state index < -0.39 is 0 Å². The van der Waals surface area contributed by atoms with Crippen LogP contribution in [0, 0.1) is 0 Å². The molecule has 0 spiro atoms. The number of thiazole rings is 1. The van der Waals surface area contributed by atoms with Gasteiger partial charge in [0.2, 0.25) is 11.8 Å². The van der Waals surface area contributed by atoms with Crippen LogP contribution in [0.15, 0.2) is 45.3 Å². The van der Waals surface area contributed by atoms with Crippen LogP contribution in [0.1, 0.15) is 61.5 Å². The van der Waals surface area contributed by atoms with Crippen molar-refractivity contribution in [3.63, 3.8) is 0 Å². The fraction of sp³-hybridized carbons (Fsp3) is 0.364. The van der Waals surface area contributed by atoms with Crippen LogP contribution in [-0.2, 0) is 10.5 Å². The molecule has 0 radical (unpaired) electrons. The molecule has 1 aromatic carbocycles. The fourth-order valence-electron chi connectivity index (χ4n) is 2.63. The maximum atomic E-state index is 12.3. The summed E-state index contributed by atoms with van der Waals surface area (Å²) in [5, 5.41) is 3.27. The first kappa shape index (κ1) is 23.0. The molecular formula is C22H25N3O4S2. The molecule has 0 aliphatic heterocycles. The molecule has 164 valence electrons. The van der Waals surface area contributed by atoms with Crippen LogP contribution in [0.5, 0.6) is 5.75 Å². The Morgan fingerprint density at radius 2 is 1.94 bits per heavy atom.